The summed E-state index contributed by atoms with van der Waals surface area (Å²) in [6, 6.07) is 0.625. The highest BCUT2D eigenvalue weighted by Gasteiger charge is 2.29. The van der Waals surface area contributed by atoms with Gasteiger partial charge in [-0.25, -0.2) is 18.4 Å². The Morgan fingerprint density at radius 1 is 1.06 bits per heavy atom. The topological polar surface area (TPSA) is 115 Å². The largest absolute Gasteiger partial charge is 0.479 e. The SMILES string of the molecule is O=C(O)c1cc(F)c(C(O)C(O)C(=O)O)cc1F. The Hall–Kier alpha value is -2.06. The lowest BCUT2D eigenvalue weighted by Gasteiger charge is -2.15. The Balaban J connectivity index is 3.23. The van der Waals surface area contributed by atoms with Crippen LogP contribution in [0.2, 0.25) is 0 Å². The fourth-order valence-electron chi connectivity index (χ4n) is 1.26. The maximum Gasteiger partial charge on any atom is 0.338 e. The van der Waals surface area contributed by atoms with Gasteiger partial charge in [0.05, 0.1) is 5.56 Å². The second-order valence-corrected chi connectivity index (χ2v) is 3.39. The van der Waals surface area contributed by atoms with Gasteiger partial charge >= 0.3 is 11.9 Å². The molecule has 0 saturated heterocycles. The molecule has 0 radical (unpaired) electrons. The average Bonchev–Trinajstić information content (AvgIpc) is 2.29. The molecule has 1 aromatic rings. The van der Waals surface area contributed by atoms with Crippen LogP contribution < -0.4 is 0 Å². The van der Waals surface area contributed by atoms with Crippen LogP contribution >= 0.6 is 0 Å². The van der Waals surface area contributed by atoms with Gasteiger partial charge in [0, 0.05) is 5.56 Å². The van der Waals surface area contributed by atoms with Crippen molar-refractivity contribution >= 4 is 11.9 Å². The molecule has 0 spiro atoms. The number of aliphatic hydroxyl groups is 2. The molecule has 98 valence electrons. The molecule has 8 heteroatoms. The molecule has 2 atom stereocenters. The number of aromatic carboxylic acids is 1. The van der Waals surface area contributed by atoms with Gasteiger partial charge in [-0.1, -0.05) is 0 Å². The number of carboxylic acid groups (broad SMARTS) is 2. The van der Waals surface area contributed by atoms with Crippen molar-refractivity contribution < 1.29 is 38.8 Å². The Morgan fingerprint density at radius 2 is 1.61 bits per heavy atom. The van der Waals surface area contributed by atoms with Crippen molar-refractivity contribution in [2.24, 2.45) is 0 Å². The molecule has 0 amide bonds. The molecular weight excluding hydrogens is 254 g/mol. The number of aliphatic carboxylic acids is 1. The minimum atomic E-state index is -2.35. The van der Waals surface area contributed by atoms with Crippen LogP contribution in [0, 0.1) is 11.6 Å². The summed E-state index contributed by atoms with van der Waals surface area (Å²) in [5.41, 5.74) is -1.80. The van der Waals surface area contributed by atoms with Gasteiger partial charge in [0.15, 0.2) is 6.10 Å². The lowest BCUT2D eigenvalue weighted by molar-refractivity contribution is -0.153. The van der Waals surface area contributed by atoms with Crippen molar-refractivity contribution in [2.75, 3.05) is 0 Å². The number of benzene rings is 1. The van der Waals surface area contributed by atoms with Crippen LogP contribution in [0.3, 0.4) is 0 Å². The molecule has 0 aliphatic heterocycles. The third-order valence-electron chi connectivity index (χ3n) is 2.19. The maximum atomic E-state index is 13.4. The van der Waals surface area contributed by atoms with Crippen LogP contribution in [-0.2, 0) is 4.79 Å². The lowest BCUT2D eigenvalue weighted by atomic mass is 10.0. The van der Waals surface area contributed by atoms with E-state index < -0.39 is 46.9 Å². The number of rotatable bonds is 4. The van der Waals surface area contributed by atoms with E-state index in [0.717, 1.165) is 0 Å². The summed E-state index contributed by atoms with van der Waals surface area (Å²) in [5.74, 6) is -6.23. The Labute approximate surface area is 98.7 Å². The zero-order valence-corrected chi connectivity index (χ0v) is 8.67. The summed E-state index contributed by atoms with van der Waals surface area (Å²) in [6.07, 6.45) is -4.56. The molecule has 0 aliphatic carbocycles. The minimum Gasteiger partial charge on any atom is -0.479 e. The van der Waals surface area contributed by atoms with Crippen molar-refractivity contribution in [1.29, 1.82) is 0 Å². The Morgan fingerprint density at radius 3 is 2.06 bits per heavy atom. The summed E-state index contributed by atoms with van der Waals surface area (Å²) in [4.78, 5) is 20.8. The Bertz CT molecular complexity index is 501. The van der Waals surface area contributed by atoms with Crippen molar-refractivity contribution in [3.05, 3.63) is 34.9 Å². The fraction of sp³-hybridized carbons (Fsp3) is 0.200. The second kappa shape index (κ2) is 5.07. The number of carboxylic acids is 2. The van der Waals surface area contributed by atoms with Crippen molar-refractivity contribution in [2.45, 2.75) is 12.2 Å². The number of hydrogen-bond donors (Lipinski definition) is 4. The first-order valence-corrected chi connectivity index (χ1v) is 4.57. The van der Waals surface area contributed by atoms with E-state index in [-0.39, 0.29) is 0 Å². The molecular formula is C10H8F2O6. The van der Waals surface area contributed by atoms with Crippen LogP contribution in [0.25, 0.3) is 0 Å². The van der Waals surface area contributed by atoms with E-state index in [2.05, 4.69) is 0 Å². The van der Waals surface area contributed by atoms with E-state index in [1.165, 1.54) is 0 Å². The molecule has 0 aliphatic rings. The third-order valence-corrected chi connectivity index (χ3v) is 2.19. The maximum absolute atomic E-state index is 13.4. The number of carbonyl (C=O) groups is 2. The fourth-order valence-corrected chi connectivity index (χ4v) is 1.26. The van der Waals surface area contributed by atoms with E-state index in [1.807, 2.05) is 0 Å². The highest BCUT2D eigenvalue weighted by atomic mass is 19.1. The molecule has 18 heavy (non-hydrogen) atoms. The molecule has 0 bridgehead atoms. The van der Waals surface area contributed by atoms with Gasteiger partial charge in [-0.15, -0.1) is 0 Å². The highest BCUT2D eigenvalue weighted by molar-refractivity contribution is 5.88. The van der Waals surface area contributed by atoms with E-state index in [9.17, 15) is 23.5 Å². The molecule has 0 heterocycles. The minimum absolute atomic E-state index is 0.296. The number of aliphatic hydroxyl groups excluding tert-OH is 2. The molecule has 0 aromatic heterocycles. The standard InChI is InChI=1S/C10H8F2O6/c11-5-2-4(9(15)16)6(12)1-3(5)7(13)8(14)10(17)18/h1-2,7-8,13-14H,(H,15,16)(H,17,18). The molecule has 0 fully saturated rings. The van der Waals surface area contributed by atoms with E-state index in [4.69, 9.17) is 15.3 Å². The second-order valence-electron chi connectivity index (χ2n) is 3.39. The monoisotopic (exact) mass is 262 g/mol. The van der Waals surface area contributed by atoms with Crippen molar-refractivity contribution in [1.82, 2.24) is 0 Å². The smallest absolute Gasteiger partial charge is 0.338 e. The highest BCUT2D eigenvalue weighted by Crippen LogP contribution is 2.23. The van der Waals surface area contributed by atoms with E-state index >= 15 is 0 Å². The van der Waals surface area contributed by atoms with Gasteiger partial charge in [0.2, 0.25) is 0 Å². The van der Waals surface area contributed by atoms with Crippen LogP contribution in [0.4, 0.5) is 8.78 Å². The first-order chi connectivity index (χ1) is 8.25. The molecule has 1 rings (SSSR count). The molecule has 6 nitrogen and oxygen atoms in total. The summed E-state index contributed by atoms with van der Waals surface area (Å²) >= 11 is 0. The first kappa shape index (κ1) is 14.0. The molecule has 0 saturated carbocycles. The van der Waals surface area contributed by atoms with Crippen LogP contribution in [-0.4, -0.2) is 38.5 Å². The zero-order chi connectivity index (χ0) is 14.0. The summed E-state index contributed by atoms with van der Waals surface area (Å²) < 4.78 is 26.6. The predicted octanol–water partition coefficient (Wildman–Crippen LogP) is 0.142. The zero-order valence-electron chi connectivity index (χ0n) is 8.67. The third kappa shape index (κ3) is 2.60. The van der Waals surface area contributed by atoms with Gasteiger partial charge in [-0.2, -0.15) is 0 Å². The number of halogens is 2. The average molecular weight is 262 g/mol. The normalized spacial score (nSPS) is 14.0. The molecule has 2 unspecified atom stereocenters. The van der Waals surface area contributed by atoms with E-state index in [0.29, 0.717) is 12.1 Å². The van der Waals surface area contributed by atoms with Crippen molar-refractivity contribution in [3.8, 4) is 0 Å². The molecule has 1 aromatic carbocycles. The quantitative estimate of drug-likeness (QED) is 0.613. The summed E-state index contributed by atoms with van der Waals surface area (Å²) in [6.45, 7) is 0. The predicted molar refractivity (Wildman–Crippen MR) is 51.9 cm³/mol. The summed E-state index contributed by atoms with van der Waals surface area (Å²) in [5, 5.41) is 35.2. The summed E-state index contributed by atoms with van der Waals surface area (Å²) in [7, 11) is 0. The lowest BCUT2D eigenvalue weighted by Crippen LogP contribution is -2.28. The Kier molecular flexibility index (Phi) is 3.94. The van der Waals surface area contributed by atoms with Gasteiger partial charge < -0.3 is 20.4 Å². The van der Waals surface area contributed by atoms with Gasteiger partial charge in [0.25, 0.3) is 0 Å². The number of hydrogen-bond acceptors (Lipinski definition) is 4. The molecule has 4 N–H and O–H groups in total. The van der Waals surface area contributed by atoms with Crippen LogP contribution in [0.5, 0.6) is 0 Å². The van der Waals surface area contributed by atoms with Crippen molar-refractivity contribution in [3.63, 3.8) is 0 Å². The van der Waals surface area contributed by atoms with Crippen LogP contribution in [0.1, 0.15) is 22.0 Å². The van der Waals surface area contributed by atoms with Crippen LogP contribution in [0.15, 0.2) is 12.1 Å². The van der Waals surface area contributed by atoms with Gasteiger partial charge in [-0.3, -0.25) is 0 Å². The first-order valence-electron chi connectivity index (χ1n) is 4.57. The van der Waals surface area contributed by atoms with E-state index in [1.54, 1.807) is 0 Å². The van der Waals surface area contributed by atoms with Gasteiger partial charge in [-0.05, 0) is 12.1 Å². The van der Waals surface area contributed by atoms with Gasteiger partial charge in [0.1, 0.15) is 17.7 Å².